The van der Waals surface area contributed by atoms with Crippen LogP contribution in [-0.4, -0.2) is 0 Å². The Bertz CT molecular complexity index is 84.2. The highest BCUT2D eigenvalue weighted by Gasteiger charge is 1.92. The van der Waals surface area contributed by atoms with E-state index in [2.05, 4.69) is 20.3 Å². The van der Waals surface area contributed by atoms with Crippen molar-refractivity contribution in [2.24, 2.45) is 0 Å². The summed E-state index contributed by atoms with van der Waals surface area (Å²) in [5, 5.41) is 0. The predicted octanol–water partition coefficient (Wildman–Crippen LogP) is 5.73. The van der Waals surface area contributed by atoms with Crippen LogP contribution in [0.4, 0.5) is 0 Å². The summed E-state index contributed by atoms with van der Waals surface area (Å²) in [6.45, 7) is 6.12. The molecule has 0 aliphatic heterocycles. The molecular weight excluding hydrogens is 180 g/mol. The fourth-order valence-corrected chi connectivity index (χ4v) is 1.89. The molecule has 0 heterocycles. The number of hydrogen-bond donors (Lipinski definition) is 0. The standard InChI is InChI=1S/C15H30/c1-3-5-7-9-11-13-15-14-12-10-8-6-4-2/h7H,1,3-6,8-15H2,2H3. The number of rotatable bonds is 12. The van der Waals surface area contributed by atoms with Crippen molar-refractivity contribution in [3.05, 3.63) is 13.3 Å². The Morgan fingerprint density at radius 1 is 0.733 bits per heavy atom. The molecule has 0 unspecified atom stereocenters. The predicted molar refractivity (Wildman–Crippen MR) is 70.7 cm³/mol. The van der Waals surface area contributed by atoms with Crippen molar-refractivity contribution >= 4 is 0 Å². The number of hydrogen-bond acceptors (Lipinski definition) is 0. The third-order valence-corrected chi connectivity index (χ3v) is 2.92. The van der Waals surface area contributed by atoms with Crippen LogP contribution in [0, 0.1) is 13.3 Å². The van der Waals surface area contributed by atoms with Gasteiger partial charge in [0.1, 0.15) is 0 Å². The van der Waals surface area contributed by atoms with Crippen LogP contribution in [0.1, 0.15) is 84.0 Å². The molecule has 0 N–H and O–H groups in total. The molecule has 0 aliphatic carbocycles. The van der Waals surface area contributed by atoms with Gasteiger partial charge in [-0.2, -0.15) is 0 Å². The molecule has 0 spiro atoms. The molecule has 0 aliphatic rings. The highest BCUT2D eigenvalue weighted by molar-refractivity contribution is 4.64. The zero-order chi connectivity index (χ0) is 11.2. The van der Waals surface area contributed by atoms with Gasteiger partial charge in [-0.1, -0.05) is 90.9 Å². The molecule has 0 nitrogen and oxygen atoms in total. The van der Waals surface area contributed by atoms with Gasteiger partial charge in [-0.15, -0.1) is 0 Å². The lowest BCUT2D eigenvalue weighted by atomic mass is 10.1. The molecule has 15 heavy (non-hydrogen) atoms. The Morgan fingerprint density at radius 2 is 1.27 bits per heavy atom. The normalized spacial score (nSPS) is 10.8. The Balaban J connectivity index is 2.81. The molecule has 0 saturated heterocycles. The summed E-state index contributed by atoms with van der Waals surface area (Å²) in [5.41, 5.74) is 0. The molecular formula is C15H30. The van der Waals surface area contributed by atoms with Gasteiger partial charge in [0.05, 0.1) is 0 Å². The van der Waals surface area contributed by atoms with Gasteiger partial charge in [-0.25, -0.2) is 0 Å². The summed E-state index contributed by atoms with van der Waals surface area (Å²) in [7, 11) is 0. The van der Waals surface area contributed by atoms with E-state index in [-0.39, 0.29) is 0 Å². The zero-order valence-electron chi connectivity index (χ0n) is 10.8. The molecule has 0 bridgehead atoms. The maximum absolute atomic E-state index is 3.84. The SMILES string of the molecule is [CH2]CC[CH]CCCCCCCCCCC. The first-order valence-electron chi connectivity index (χ1n) is 7.02. The van der Waals surface area contributed by atoms with E-state index in [1.165, 1.54) is 70.6 Å². The van der Waals surface area contributed by atoms with Crippen molar-refractivity contribution in [2.45, 2.75) is 84.0 Å². The average molecular weight is 210 g/mol. The van der Waals surface area contributed by atoms with E-state index in [1.54, 1.807) is 0 Å². The zero-order valence-corrected chi connectivity index (χ0v) is 10.8. The first kappa shape index (κ1) is 15.0. The molecule has 0 heteroatoms. The Hall–Kier alpha value is 0. The van der Waals surface area contributed by atoms with Crippen LogP contribution < -0.4 is 0 Å². The van der Waals surface area contributed by atoms with Gasteiger partial charge in [-0.3, -0.25) is 0 Å². The van der Waals surface area contributed by atoms with Gasteiger partial charge in [0, 0.05) is 0 Å². The van der Waals surface area contributed by atoms with E-state index < -0.39 is 0 Å². The minimum atomic E-state index is 1.07. The molecule has 0 aromatic carbocycles. The van der Waals surface area contributed by atoms with E-state index in [4.69, 9.17) is 0 Å². The largest absolute Gasteiger partial charge is 0.0654 e. The van der Waals surface area contributed by atoms with Crippen molar-refractivity contribution in [1.29, 1.82) is 0 Å². The minimum Gasteiger partial charge on any atom is -0.0654 e. The van der Waals surface area contributed by atoms with Gasteiger partial charge < -0.3 is 0 Å². The first-order chi connectivity index (χ1) is 7.41. The summed E-state index contributed by atoms with van der Waals surface area (Å²) in [6.07, 6.45) is 18.9. The Morgan fingerprint density at radius 3 is 1.80 bits per heavy atom. The highest BCUT2D eigenvalue weighted by Crippen LogP contribution is 2.11. The maximum atomic E-state index is 3.84. The summed E-state index contributed by atoms with van der Waals surface area (Å²) in [5.74, 6) is 0. The van der Waals surface area contributed by atoms with Crippen LogP contribution in [0.2, 0.25) is 0 Å². The van der Waals surface area contributed by atoms with Crippen LogP contribution in [0.15, 0.2) is 0 Å². The average Bonchev–Trinajstić information content (AvgIpc) is 2.26. The summed E-state index contributed by atoms with van der Waals surface area (Å²) in [4.78, 5) is 0. The second kappa shape index (κ2) is 14.0. The number of unbranched alkanes of at least 4 members (excludes halogenated alkanes) is 12. The molecule has 0 fully saturated rings. The molecule has 0 atom stereocenters. The third kappa shape index (κ3) is 14.0. The van der Waals surface area contributed by atoms with Crippen LogP contribution in [0.25, 0.3) is 0 Å². The van der Waals surface area contributed by atoms with Gasteiger partial charge >= 0.3 is 0 Å². The third-order valence-electron chi connectivity index (χ3n) is 2.92. The molecule has 0 aromatic rings. The summed E-state index contributed by atoms with van der Waals surface area (Å²) >= 11 is 0. The smallest absolute Gasteiger partial charge is 0.0386 e. The van der Waals surface area contributed by atoms with Crippen LogP contribution in [-0.2, 0) is 0 Å². The molecule has 0 amide bonds. The van der Waals surface area contributed by atoms with Crippen LogP contribution >= 0.6 is 0 Å². The lowest BCUT2D eigenvalue weighted by molar-refractivity contribution is 0.562. The summed E-state index contributed by atoms with van der Waals surface area (Å²) < 4.78 is 0. The highest BCUT2D eigenvalue weighted by atomic mass is 14.0. The van der Waals surface area contributed by atoms with Gasteiger partial charge in [0.15, 0.2) is 0 Å². The van der Waals surface area contributed by atoms with E-state index >= 15 is 0 Å². The molecule has 2 radical (unpaired) electrons. The van der Waals surface area contributed by atoms with Crippen molar-refractivity contribution < 1.29 is 0 Å². The fraction of sp³-hybridized carbons (Fsp3) is 0.867. The van der Waals surface area contributed by atoms with E-state index in [0.717, 1.165) is 6.42 Å². The van der Waals surface area contributed by atoms with Gasteiger partial charge in [-0.05, 0) is 6.42 Å². The first-order valence-corrected chi connectivity index (χ1v) is 7.02. The van der Waals surface area contributed by atoms with E-state index in [1.807, 2.05) is 0 Å². The van der Waals surface area contributed by atoms with Crippen LogP contribution in [0.3, 0.4) is 0 Å². The summed E-state index contributed by atoms with van der Waals surface area (Å²) in [6, 6.07) is 0. The lowest BCUT2D eigenvalue weighted by Gasteiger charge is -2.01. The van der Waals surface area contributed by atoms with Crippen molar-refractivity contribution in [2.75, 3.05) is 0 Å². The molecule has 0 aromatic heterocycles. The molecule has 0 saturated carbocycles. The van der Waals surface area contributed by atoms with Crippen molar-refractivity contribution in [3.8, 4) is 0 Å². The van der Waals surface area contributed by atoms with E-state index in [9.17, 15) is 0 Å². The topological polar surface area (TPSA) is 0 Å². The van der Waals surface area contributed by atoms with Crippen molar-refractivity contribution in [3.63, 3.8) is 0 Å². The Kier molecular flexibility index (Phi) is 14.0. The van der Waals surface area contributed by atoms with Gasteiger partial charge in [0.2, 0.25) is 0 Å². The molecule has 0 rings (SSSR count). The minimum absolute atomic E-state index is 1.07. The Labute approximate surface area is 97.8 Å². The van der Waals surface area contributed by atoms with E-state index in [0.29, 0.717) is 0 Å². The fourth-order valence-electron chi connectivity index (χ4n) is 1.89. The maximum Gasteiger partial charge on any atom is -0.0386 e. The second-order valence-corrected chi connectivity index (χ2v) is 4.55. The van der Waals surface area contributed by atoms with Crippen molar-refractivity contribution in [1.82, 2.24) is 0 Å². The molecule has 90 valence electrons. The monoisotopic (exact) mass is 210 g/mol. The lowest BCUT2D eigenvalue weighted by Crippen LogP contribution is -1.82. The van der Waals surface area contributed by atoms with Gasteiger partial charge in [0.25, 0.3) is 0 Å². The second-order valence-electron chi connectivity index (χ2n) is 4.55. The van der Waals surface area contributed by atoms with Crippen LogP contribution in [0.5, 0.6) is 0 Å². The quantitative estimate of drug-likeness (QED) is 0.361.